The number of nitrogens with zero attached hydrogens (tertiary/aromatic N) is 2. The zero-order valence-corrected chi connectivity index (χ0v) is 27.6. The number of rotatable bonds is 12. The first-order chi connectivity index (χ1) is 21.8. The van der Waals surface area contributed by atoms with E-state index >= 15 is 0 Å². The maximum atomic E-state index is 14.5. The highest BCUT2D eigenvalue weighted by atomic mass is 32.2. The molecule has 0 bridgehead atoms. The lowest BCUT2D eigenvalue weighted by atomic mass is 10.0. The van der Waals surface area contributed by atoms with Gasteiger partial charge in [-0.25, -0.2) is 12.8 Å². The smallest absolute Gasteiger partial charge is 0.264 e. The molecule has 4 rings (SSSR count). The van der Waals surface area contributed by atoms with Gasteiger partial charge in [-0.15, -0.1) is 0 Å². The van der Waals surface area contributed by atoms with E-state index < -0.39 is 45.8 Å². The molecule has 46 heavy (non-hydrogen) atoms. The van der Waals surface area contributed by atoms with Crippen molar-refractivity contribution in [3.05, 3.63) is 126 Å². The van der Waals surface area contributed by atoms with Gasteiger partial charge in [-0.1, -0.05) is 66.2 Å². The summed E-state index contributed by atoms with van der Waals surface area (Å²) in [6, 6.07) is 26.7. The summed E-state index contributed by atoms with van der Waals surface area (Å²) in [6.45, 7) is 6.70. The predicted octanol–water partition coefficient (Wildman–Crippen LogP) is 5.89. The van der Waals surface area contributed by atoms with Gasteiger partial charge in [0.1, 0.15) is 24.2 Å². The number of carbonyl (C=O) groups excluding carboxylic acids is 2. The van der Waals surface area contributed by atoms with Crippen molar-refractivity contribution in [2.75, 3.05) is 18.0 Å². The Morgan fingerprint density at radius 2 is 1.52 bits per heavy atom. The minimum Gasteiger partial charge on any atom is -0.497 e. The van der Waals surface area contributed by atoms with Gasteiger partial charge in [-0.2, -0.15) is 0 Å². The van der Waals surface area contributed by atoms with Gasteiger partial charge in [0.25, 0.3) is 10.0 Å². The zero-order valence-electron chi connectivity index (χ0n) is 26.7. The summed E-state index contributed by atoms with van der Waals surface area (Å²) in [6.07, 6.45) is 0.166. The fourth-order valence-electron chi connectivity index (χ4n) is 4.93. The van der Waals surface area contributed by atoms with Crippen LogP contribution in [0.5, 0.6) is 5.75 Å². The van der Waals surface area contributed by atoms with Crippen LogP contribution in [0.25, 0.3) is 0 Å². The lowest BCUT2D eigenvalue weighted by Crippen LogP contribution is -2.56. The third-order valence-electron chi connectivity index (χ3n) is 7.26. The minimum atomic E-state index is -4.26. The van der Waals surface area contributed by atoms with E-state index in [-0.39, 0.29) is 23.5 Å². The minimum absolute atomic E-state index is 0.00474. The predicted molar refractivity (Wildman–Crippen MR) is 177 cm³/mol. The summed E-state index contributed by atoms with van der Waals surface area (Å²) in [4.78, 5) is 29.8. The summed E-state index contributed by atoms with van der Waals surface area (Å²) in [7, 11) is -2.79. The number of anilines is 1. The summed E-state index contributed by atoms with van der Waals surface area (Å²) in [5.74, 6) is -1.06. The fraction of sp³-hybridized carbons (Fsp3) is 0.278. The Morgan fingerprint density at radius 1 is 0.870 bits per heavy atom. The molecule has 4 aromatic rings. The number of hydrogen-bond acceptors (Lipinski definition) is 5. The van der Waals surface area contributed by atoms with Crippen LogP contribution in [0, 0.1) is 12.7 Å². The Labute approximate surface area is 270 Å². The highest BCUT2D eigenvalue weighted by Gasteiger charge is 2.35. The van der Waals surface area contributed by atoms with Crippen LogP contribution in [-0.2, 0) is 32.6 Å². The fourth-order valence-corrected chi connectivity index (χ4v) is 6.33. The highest BCUT2D eigenvalue weighted by Crippen LogP contribution is 2.28. The van der Waals surface area contributed by atoms with Crippen LogP contribution in [0.15, 0.2) is 108 Å². The second-order valence-corrected chi connectivity index (χ2v) is 14.0. The second-order valence-electron chi connectivity index (χ2n) is 12.1. The first-order valence-corrected chi connectivity index (χ1v) is 16.3. The van der Waals surface area contributed by atoms with Crippen LogP contribution in [-0.4, -0.2) is 50.4 Å². The summed E-state index contributed by atoms with van der Waals surface area (Å²) in [5.41, 5.74) is 1.87. The van der Waals surface area contributed by atoms with Gasteiger partial charge < -0.3 is 15.0 Å². The number of methoxy groups -OCH3 is 1. The van der Waals surface area contributed by atoms with E-state index in [0.29, 0.717) is 11.3 Å². The highest BCUT2D eigenvalue weighted by molar-refractivity contribution is 7.92. The van der Waals surface area contributed by atoms with Crippen LogP contribution in [0.2, 0.25) is 0 Å². The third-order valence-corrected chi connectivity index (χ3v) is 9.05. The number of carbonyl (C=O) groups is 2. The van der Waals surface area contributed by atoms with E-state index in [2.05, 4.69) is 5.32 Å². The van der Waals surface area contributed by atoms with E-state index in [9.17, 15) is 22.4 Å². The molecule has 0 radical (unpaired) electrons. The molecule has 0 aromatic heterocycles. The number of benzene rings is 4. The number of amides is 2. The number of aryl methyl sites for hydroxylation is 1. The molecule has 1 N–H and O–H groups in total. The molecule has 0 saturated carbocycles. The van der Waals surface area contributed by atoms with Crippen molar-refractivity contribution >= 4 is 27.5 Å². The maximum Gasteiger partial charge on any atom is 0.264 e. The van der Waals surface area contributed by atoms with Crippen LogP contribution in [0.3, 0.4) is 0 Å². The first kappa shape index (κ1) is 34.2. The van der Waals surface area contributed by atoms with Crippen molar-refractivity contribution in [2.45, 2.75) is 57.1 Å². The van der Waals surface area contributed by atoms with Crippen LogP contribution >= 0.6 is 0 Å². The Morgan fingerprint density at radius 3 is 2.13 bits per heavy atom. The van der Waals surface area contributed by atoms with Crippen LogP contribution < -0.4 is 14.4 Å². The number of nitrogens with one attached hydrogen (secondary N) is 1. The molecule has 0 aliphatic rings. The largest absolute Gasteiger partial charge is 0.497 e. The molecule has 10 heteroatoms. The van der Waals surface area contributed by atoms with Gasteiger partial charge in [0.15, 0.2) is 0 Å². The van der Waals surface area contributed by atoms with Gasteiger partial charge >= 0.3 is 0 Å². The molecule has 2 amide bonds. The van der Waals surface area contributed by atoms with Gasteiger partial charge in [0, 0.05) is 24.6 Å². The van der Waals surface area contributed by atoms with Crippen molar-refractivity contribution < 1.29 is 27.1 Å². The molecule has 0 unspecified atom stereocenters. The molecule has 1 atom stereocenters. The molecule has 0 spiro atoms. The van der Waals surface area contributed by atoms with Crippen LogP contribution in [0.1, 0.15) is 37.5 Å². The van der Waals surface area contributed by atoms with E-state index in [0.717, 1.165) is 15.4 Å². The quantitative estimate of drug-likeness (QED) is 0.207. The third kappa shape index (κ3) is 8.94. The van der Waals surface area contributed by atoms with E-state index in [1.54, 1.807) is 42.5 Å². The van der Waals surface area contributed by atoms with Crippen molar-refractivity contribution in [3.8, 4) is 5.75 Å². The van der Waals surface area contributed by atoms with Gasteiger partial charge in [-0.05, 0) is 75.2 Å². The Kier molecular flexibility index (Phi) is 10.8. The van der Waals surface area contributed by atoms with Gasteiger partial charge in [0.05, 0.1) is 17.7 Å². The van der Waals surface area contributed by atoms with E-state index in [1.165, 1.54) is 42.3 Å². The number of halogens is 1. The van der Waals surface area contributed by atoms with E-state index in [4.69, 9.17) is 4.74 Å². The number of sulfonamides is 1. The van der Waals surface area contributed by atoms with E-state index in [1.807, 2.05) is 58.0 Å². The second kappa shape index (κ2) is 14.6. The topological polar surface area (TPSA) is 96.0 Å². The molecular formula is C36H40FN3O5S. The zero-order chi connectivity index (χ0) is 33.5. The lowest BCUT2D eigenvalue weighted by Gasteiger charge is -2.35. The van der Waals surface area contributed by atoms with Crippen LogP contribution in [0.4, 0.5) is 10.1 Å². The Hall–Kier alpha value is -4.70. The SMILES string of the molecule is COc1cccc(N(CC(=O)N(Cc2ccc(F)cc2)[C@@H](Cc2ccccc2)C(=O)NC(C)(C)C)S(=O)(=O)c2ccc(C)cc2)c1. The molecule has 0 saturated heterocycles. The molecule has 0 heterocycles. The average molecular weight is 646 g/mol. The molecule has 8 nitrogen and oxygen atoms in total. The standard InChI is InChI=1S/C36H40FN3O5S/c1-26-14-20-32(21-15-26)46(43,44)40(30-12-9-13-31(23-30)45-5)25-34(41)39(24-28-16-18-29(37)19-17-28)33(35(42)38-36(2,3)4)22-27-10-7-6-8-11-27/h6-21,23,33H,22,24-25H2,1-5H3,(H,38,42)/t33-/m0/s1. The first-order valence-electron chi connectivity index (χ1n) is 14.9. The van der Waals surface area contributed by atoms with Crippen molar-refractivity contribution in [3.63, 3.8) is 0 Å². The van der Waals surface area contributed by atoms with Crippen molar-refractivity contribution in [1.29, 1.82) is 0 Å². The molecule has 242 valence electrons. The Balaban J connectivity index is 1.83. The van der Waals surface area contributed by atoms with Crippen molar-refractivity contribution in [2.24, 2.45) is 0 Å². The molecule has 0 aliphatic heterocycles. The Bertz CT molecular complexity index is 1740. The molecular weight excluding hydrogens is 605 g/mol. The molecule has 0 aliphatic carbocycles. The number of ether oxygens (including phenoxy) is 1. The monoisotopic (exact) mass is 645 g/mol. The number of hydrogen-bond donors (Lipinski definition) is 1. The lowest BCUT2D eigenvalue weighted by molar-refractivity contribution is -0.140. The van der Waals surface area contributed by atoms with Crippen molar-refractivity contribution in [1.82, 2.24) is 10.2 Å². The average Bonchev–Trinajstić information content (AvgIpc) is 3.02. The normalized spacial score (nSPS) is 12.2. The summed E-state index contributed by atoms with van der Waals surface area (Å²) >= 11 is 0. The molecule has 4 aromatic carbocycles. The van der Waals surface area contributed by atoms with Gasteiger partial charge in [-0.3, -0.25) is 13.9 Å². The maximum absolute atomic E-state index is 14.5. The van der Waals surface area contributed by atoms with Gasteiger partial charge in [0.2, 0.25) is 11.8 Å². The molecule has 0 fully saturated rings. The summed E-state index contributed by atoms with van der Waals surface area (Å²) < 4.78 is 48.6. The summed E-state index contributed by atoms with van der Waals surface area (Å²) in [5, 5.41) is 2.99.